The zero-order valence-corrected chi connectivity index (χ0v) is 10.9. The van der Waals surface area contributed by atoms with Gasteiger partial charge in [0.1, 0.15) is 11.3 Å². The molecule has 1 aromatic heterocycles. The number of hydrogen-bond donors (Lipinski definition) is 0. The van der Waals surface area contributed by atoms with E-state index < -0.39 is 0 Å². The number of amides is 1. The molecule has 6 heteroatoms. The summed E-state index contributed by atoms with van der Waals surface area (Å²) in [6, 6.07) is 0. The van der Waals surface area contributed by atoms with Crippen molar-refractivity contribution in [1.29, 1.82) is 0 Å². The SMILES string of the molecule is CO[C@H]1CCOC2(C1)CN(C(=O)c1cnccn1)C2. The molecule has 2 fully saturated rings. The second-order valence-electron chi connectivity index (χ2n) is 5.13. The normalized spacial score (nSPS) is 25.1. The number of likely N-dealkylation sites (tertiary alicyclic amines) is 1. The van der Waals surface area contributed by atoms with E-state index in [0.29, 0.717) is 25.4 Å². The molecule has 0 unspecified atom stereocenters. The number of carbonyl (C=O) groups is 1. The molecule has 0 aliphatic carbocycles. The van der Waals surface area contributed by atoms with Crippen molar-refractivity contribution in [2.24, 2.45) is 0 Å². The van der Waals surface area contributed by atoms with Crippen molar-refractivity contribution >= 4 is 5.91 Å². The fourth-order valence-electron chi connectivity index (χ4n) is 2.77. The first kappa shape index (κ1) is 12.5. The van der Waals surface area contributed by atoms with Crippen LogP contribution in [-0.2, 0) is 9.47 Å². The predicted octanol–water partition coefficient (Wildman–Crippen LogP) is 0.497. The zero-order chi connectivity index (χ0) is 13.3. The Bertz CT molecular complexity index is 459. The zero-order valence-electron chi connectivity index (χ0n) is 10.9. The summed E-state index contributed by atoms with van der Waals surface area (Å²) in [4.78, 5) is 21.8. The molecule has 2 aliphatic rings. The molecule has 3 heterocycles. The fourth-order valence-corrected chi connectivity index (χ4v) is 2.77. The van der Waals surface area contributed by atoms with Crippen LogP contribution in [0, 0.1) is 0 Å². The maximum absolute atomic E-state index is 12.1. The van der Waals surface area contributed by atoms with E-state index in [2.05, 4.69) is 9.97 Å². The first-order chi connectivity index (χ1) is 9.22. The van der Waals surface area contributed by atoms with Gasteiger partial charge in [-0.1, -0.05) is 0 Å². The molecule has 0 N–H and O–H groups in total. The first-order valence-corrected chi connectivity index (χ1v) is 6.44. The minimum absolute atomic E-state index is 0.0816. The second kappa shape index (κ2) is 4.86. The molecule has 0 bridgehead atoms. The van der Waals surface area contributed by atoms with Gasteiger partial charge in [0, 0.05) is 32.5 Å². The Hall–Kier alpha value is -1.53. The average Bonchev–Trinajstić information content (AvgIpc) is 2.45. The third kappa shape index (κ3) is 2.33. The van der Waals surface area contributed by atoms with Crippen LogP contribution in [0.1, 0.15) is 23.3 Å². The number of carbonyl (C=O) groups excluding carboxylic acids is 1. The van der Waals surface area contributed by atoms with Gasteiger partial charge in [0.25, 0.3) is 5.91 Å². The van der Waals surface area contributed by atoms with Gasteiger partial charge in [-0.05, 0) is 6.42 Å². The van der Waals surface area contributed by atoms with E-state index in [1.165, 1.54) is 12.4 Å². The molecule has 3 rings (SSSR count). The van der Waals surface area contributed by atoms with Crippen LogP contribution in [0.5, 0.6) is 0 Å². The van der Waals surface area contributed by atoms with E-state index in [1.54, 1.807) is 18.2 Å². The smallest absolute Gasteiger partial charge is 0.274 e. The lowest BCUT2D eigenvalue weighted by molar-refractivity contribution is -0.182. The Morgan fingerprint density at radius 2 is 2.37 bits per heavy atom. The van der Waals surface area contributed by atoms with Crippen molar-refractivity contribution in [1.82, 2.24) is 14.9 Å². The predicted molar refractivity (Wildman–Crippen MR) is 66.6 cm³/mol. The molecule has 2 aliphatic heterocycles. The molecular formula is C13H17N3O3. The summed E-state index contributed by atoms with van der Waals surface area (Å²) in [7, 11) is 1.73. The van der Waals surface area contributed by atoms with Gasteiger partial charge in [0.2, 0.25) is 0 Å². The molecule has 0 aromatic carbocycles. The fraction of sp³-hybridized carbons (Fsp3) is 0.615. The van der Waals surface area contributed by atoms with Crippen LogP contribution in [0.3, 0.4) is 0 Å². The average molecular weight is 263 g/mol. The molecule has 102 valence electrons. The van der Waals surface area contributed by atoms with Crippen molar-refractivity contribution < 1.29 is 14.3 Å². The van der Waals surface area contributed by atoms with Crippen LogP contribution in [0.25, 0.3) is 0 Å². The van der Waals surface area contributed by atoms with Gasteiger partial charge in [-0.25, -0.2) is 4.98 Å². The highest BCUT2D eigenvalue weighted by Crippen LogP contribution is 2.35. The molecule has 1 spiro atoms. The van der Waals surface area contributed by atoms with Gasteiger partial charge in [-0.2, -0.15) is 0 Å². The number of methoxy groups -OCH3 is 1. The maximum atomic E-state index is 12.1. The van der Waals surface area contributed by atoms with E-state index in [1.807, 2.05) is 0 Å². The Kier molecular flexibility index (Phi) is 3.20. The highest BCUT2D eigenvalue weighted by Gasteiger charge is 2.49. The number of rotatable bonds is 2. The second-order valence-corrected chi connectivity index (χ2v) is 5.13. The van der Waals surface area contributed by atoms with Crippen LogP contribution in [0.15, 0.2) is 18.6 Å². The molecule has 1 amide bonds. The highest BCUT2D eigenvalue weighted by atomic mass is 16.5. The van der Waals surface area contributed by atoms with E-state index in [4.69, 9.17) is 9.47 Å². The number of aromatic nitrogens is 2. The third-order valence-corrected chi connectivity index (χ3v) is 3.81. The first-order valence-electron chi connectivity index (χ1n) is 6.44. The lowest BCUT2D eigenvalue weighted by Gasteiger charge is -2.52. The van der Waals surface area contributed by atoms with Gasteiger partial charge in [-0.3, -0.25) is 9.78 Å². The Balaban J connectivity index is 1.62. The highest BCUT2D eigenvalue weighted by molar-refractivity contribution is 5.92. The maximum Gasteiger partial charge on any atom is 0.274 e. The molecule has 1 atom stereocenters. The summed E-state index contributed by atoms with van der Waals surface area (Å²) in [5.41, 5.74) is 0.174. The molecule has 0 radical (unpaired) electrons. The summed E-state index contributed by atoms with van der Waals surface area (Å²) in [5.74, 6) is -0.0816. The molecular weight excluding hydrogens is 246 g/mol. The quantitative estimate of drug-likeness (QED) is 0.777. The van der Waals surface area contributed by atoms with Gasteiger partial charge in [-0.15, -0.1) is 0 Å². The monoisotopic (exact) mass is 263 g/mol. The van der Waals surface area contributed by atoms with Gasteiger partial charge in [0.05, 0.1) is 25.4 Å². The number of nitrogens with zero attached hydrogens (tertiary/aromatic N) is 3. The summed E-state index contributed by atoms with van der Waals surface area (Å²) < 4.78 is 11.2. The number of ether oxygens (including phenoxy) is 2. The van der Waals surface area contributed by atoms with E-state index in [0.717, 1.165) is 12.8 Å². The standard InChI is InChI=1S/C13H17N3O3/c1-18-10-2-5-19-13(6-10)8-16(9-13)12(17)11-7-14-3-4-15-11/h3-4,7,10H,2,5-6,8-9H2,1H3/t10-/m0/s1. The van der Waals surface area contributed by atoms with E-state index in [9.17, 15) is 4.79 Å². The minimum atomic E-state index is -0.212. The van der Waals surface area contributed by atoms with Crippen molar-refractivity contribution in [3.63, 3.8) is 0 Å². The molecule has 6 nitrogen and oxygen atoms in total. The largest absolute Gasteiger partial charge is 0.381 e. The Labute approximate surface area is 111 Å². The molecule has 0 saturated carbocycles. The molecule has 1 aromatic rings. The van der Waals surface area contributed by atoms with Crippen LogP contribution in [0.2, 0.25) is 0 Å². The van der Waals surface area contributed by atoms with Crippen LogP contribution in [-0.4, -0.2) is 59.3 Å². The summed E-state index contributed by atoms with van der Waals surface area (Å²) in [6.45, 7) is 1.93. The lowest BCUT2D eigenvalue weighted by atomic mass is 9.84. The Morgan fingerprint density at radius 3 is 3.05 bits per heavy atom. The van der Waals surface area contributed by atoms with E-state index in [-0.39, 0.29) is 17.6 Å². The van der Waals surface area contributed by atoms with Gasteiger partial charge in [0.15, 0.2) is 0 Å². The lowest BCUT2D eigenvalue weighted by Crippen LogP contribution is -2.67. The number of hydrogen-bond acceptors (Lipinski definition) is 5. The van der Waals surface area contributed by atoms with Crippen LogP contribution in [0.4, 0.5) is 0 Å². The topological polar surface area (TPSA) is 64.6 Å². The molecule has 2 saturated heterocycles. The van der Waals surface area contributed by atoms with Gasteiger partial charge < -0.3 is 14.4 Å². The van der Waals surface area contributed by atoms with Crippen molar-refractivity contribution in [3.05, 3.63) is 24.3 Å². The van der Waals surface area contributed by atoms with E-state index >= 15 is 0 Å². The van der Waals surface area contributed by atoms with Crippen molar-refractivity contribution in [2.75, 3.05) is 26.8 Å². The molecule has 19 heavy (non-hydrogen) atoms. The summed E-state index contributed by atoms with van der Waals surface area (Å²) in [6.07, 6.45) is 6.60. The summed E-state index contributed by atoms with van der Waals surface area (Å²) >= 11 is 0. The van der Waals surface area contributed by atoms with Crippen LogP contribution < -0.4 is 0 Å². The third-order valence-electron chi connectivity index (χ3n) is 3.81. The van der Waals surface area contributed by atoms with Crippen molar-refractivity contribution in [3.8, 4) is 0 Å². The Morgan fingerprint density at radius 1 is 1.53 bits per heavy atom. The van der Waals surface area contributed by atoms with Crippen molar-refractivity contribution in [2.45, 2.75) is 24.5 Å². The van der Waals surface area contributed by atoms with Crippen LogP contribution >= 0.6 is 0 Å². The minimum Gasteiger partial charge on any atom is -0.381 e. The van der Waals surface area contributed by atoms with Gasteiger partial charge >= 0.3 is 0 Å². The summed E-state index contributed by atoms with van der Waals surface area (Å²) in [5, 5.41) is 0.